The van der Waals surface area contributed by atoms with Crippen LogP contribution in [0.3, 0.4) is 0 Å². The molecule has 0 bridgehead atoms. The van der Waals surface area contributed by atoms with Crippen LogP contribution in [0.2, 0.25) is 0 Å². The van der Waals surface area contributed by atoms with Crippen LogP contribution in [0.4, 0.5) is 9.59 Å². The lowest BCUT2D eigenvalue weighted by Crippen LogP contribution is -2.54. The number of aliphatic hydroxyl groups is 1. The van der Waals surface area contributed by atoms with Gasteiger partial charge in [-0.15, -0.1) is 0 Å². The molecular weight excluding hydrogens is 324 g/mol. The lowest BCUT2D eigenvalue weighted by molar-refractivity contribution is 0.0234. The molecule has 1 fully saturated rings. The molecule has 1 aromatic carbocycles. The van der Waals surface area contributed by atoms with E-state index in [4.69, 9.17) is 9.47 Å². The van der Waals surface area contributed by atoms with Gasteiger partial charge in [-0.3, -0.25) is 0 Å². The van der Waals surface area contributed by atoms with Crippen LogP contribution in [0.25, 0.3) is 0 Å². The van der Waals surface area contributed by atoms with Crippen LogP contribution in [0.5, 0.6) is 0 Å². The van der Waals surface area contributed by atoms with Crippen molar-refractivity contribution in [2.75, 3.05) is 13.1 Å². The molecule has 2 atom stereocenters. The molecular formula is C18H26N2O5. The van der Waals surface area contributed by atoms with Crippen molar-refractivity contribution in [3.63, 3.8) is 0 Å². The minimum atomic E-state index is -0.724. The van der Waals surface area contributed by atoms with Crippen molar-refractivity contribution in [1.29, 1.82) is 0 Å². The number of amides is 2. The van der Waals surface area contributed by atoms with E-state index in [9.17, 15) is 14.7 Å². The molecule has 0 aliphatic carbocycles. The standard InChI is InChI=1S/C18H26N2O5/c1-18(2,3)25-16(22)19-14-9-15(21)11-20(10-14)17(23)24-12-13-7-5-4-6-8-13/h4-8,14-15,21H,9-12H2,1-3H3,(H,19,22). The first-order valence-electron chi connectivity index (χ1n) is 8.36. The van der Waals surface area contributed by atoms with Crippen LogP contribution in [0.15, 0.2) is 30.3 Å². The topological polar surface area (TPSA) is 88.1 Å². The smallest absolute Gasteiger partial charge is 0.410 e. The average molecular weight is 350 g/mol. The molecule has 0 saturated carbocycles. The maximum absolute atomic E-state index is 12.2. The monoisotopic (exact) mass is 350 g/mol. The van der Waals surface area contributed by atoms with E-state index in [2.05, 4.69) is 5.32 Å². The number of hydrogen-bond donors (Lipinski definition) is 2. The zero-order valence-electron chi connectivity index (χ0n) is 14.9. The summed E-state index contributed by atoms with van der Waals surface area (Å²) < 4.78 is 10.5. The van der Waals surface area contributed by atoms with Crippen LogP contribution in [-0.2, 0) is 16.1 Å². The van der Waals surface area contributed by atoms with Crippen molar-refractivity contribution in [3.8, 4) is 0 Å². The number of rotatable bonds is 3. The Hall–Kier alpha value is -2.28. The fraction of sp³-hybridized carbons (Fsp3) is 0.556. The predicted molar refractivity (Wildman–Crippen MR) is 92.0 cm³/mol. The van der Waals surface area contributed by atoms with Gasteiger partial charge in [0.2, 0.25) is 0 Å². The molecule has 0 radical (unpaired) electrons. The molecule has 1 heterocycles. The minimum Gasteiger partial charge on any atom is -0.445 e. The number of piperidine rings is 1. The van der Waals surface area contributed by atoms with E-state index in [1.165, 1.54) is 4.90 Å². The van der Waals surface area contributed by atoms with Gasteiger partial charge in [-0.25, -0.2) is 9.59 Å². The molecule has 2 rings (SSSR count). The summed E-state index contributed by atoms with van der Waals surface area (Å²) in [6, 6.07) is 8.97. The normalized spacial score (nSPS) is 20.7. The van der Waals surface area contributed by atoms with Crippen LogP contribution in [-0.4, -0.2) is 53.0 Å². The SMILES string of the molecule is CC(C)(C)OC(=O)NC1CC(O)CN(C(=O)OCc2ccccc2)C1. The Morgan fingerprint density at radius 3 is 2.56 bits per heavy atom. The van der Waals surface area contributed by atoms with Crippen molar-refractivity contribution in [2.45, 2.75) is 51.5 Å². The molecule has 1 saturated heterocycles. The number of carbonyl (C=O) groups is 2. The van der Waals surface area contributed by atoms with E-state index in [1.807, 2.05) is 30.3 Å². The number of likely N-dealkylation sites (tertiary alicyclic amines) is 1. The first-order valence-corrected chi connectivity index (χ1v) is 8.36. The first-order chi connectivity index (χ1) is 11.7. The van der Waals surface area contributed by atoms with Gasteiger partial charge >= 0.3 is 12.2 Å². The number of hydrogen-bond acceptors (Lipinski definition) is 5. The number of carbonyl (C=O) groups excluding carboxylic acids is 2. The number of alkyl carbamates (subject to hydrolysis) is 1. The zero-order chi connectivity index (χ0) is 18.4. The van der Waals surface area contributed by atoms with Crippen molar-refractivity contribution in [3.05, 3.63) is 35.9 Å². The lowest BCUT2D eigenvalue weighted by atomic mass is 10.0. The molecule has 2 N–H and O–H groups in total. The highest BCUT2D eigenvalue weighted by Crippen LogP contribution is 2.14. The van der Waals surface area contributed by atoms with Crippen LogP contribution >= 0.6 is 0 Å². The van der Waals surface area contributed by atoms with Crippen LogP contribution < -0.4 is 5.32 Å². The Morgan fingerprint density at radius 1 is 1.24 bits per heavy atom. The molecule has 7 nitrogen and oxygen atoms in total. The Labute approximate surface area is 147 Å². The largest absolute Gasteiger partial charge is 0.445 e. The molecule has 1 aliphatic heterocycles. The molecule has 7 heteroatoms. The summed E-state index contributed by atoms with van der Waals surface area (Å²) in [7, 11) is 0. The van der Waals surface area contributed by atoms with Gasteiger partial charge in [0.05, 0.1) is 18.7 Å². The van der Waals surface area contributed by atoms with Crippen molar-refractivity contribution in [1.82, 2.24) is 10.2 Å². The molecule has 1 aliphatic rings. The lowest BCUT2D eigenvalue weighted by Gasteiger charge is -2.35. The second-order valence-corrected chi connectivity index (χ2v) is 7.18. The Morgan fingerprint density at radius 2 is 1.92 bits per heavy atom. The third kappa shape index (κ3) is 6.62. The van der Waals surface area contributed by atoms with Crippen molar-refractivity contribution >= 4 is 12.2 Å². The highest BCUT2D eigenvalue weighted by atomic mass is 16.6. The second kappa shape index (κ2) is 8.20. The van der Waals surface area contributed by atoms with E-state index in [1.54, 1.807) is 20.8 Å². The molecule has 2 amide bonds. The Balaban J connectivity index is 1.86. The molecule has 2 unspecified atom stereocenters. The van der Waals surface area contributed by atoms with E-state index in [0.29, 0.717) is 6.42 Å². The Kier molecular flexibility index (Phi) is 6.25. The van der Waals surface area contributed by atoms with Gasteiger partial charge in [0, 0.05) is 6.54 Å². The summed E-state index contributed by atoms with van der Waals surface area (Å²) in [5, 5.41) is 12.7. The summed E-state index contributed by atoms with van der Waals surface area (Å²) in [5.41, 5.74) is 0.280. The van der Waals surface area contributed by atoms with Crippen LogP contribution in [0, 0.1) is 0 Å². The molecule has 1 aromatic rings. The van der Waals surface area contributed by atoms with Crippen LogP contribution in [0.1, 0.15) is 32.8 Å². The molecule has 0 spiro atoms. The summed E-state index contributed by atoms with van der Waals surface area (Å²) in [4.78, 5) is 25.5. The second-order valence-electron chi connectivity index (χ2n) is 7.18. The third-order valence-corrected chi connectivity index (χ3v) is 3.61. The van der Waals surface area contributed by atoms with Gasteiger partial charge in [0.25, 0.3) is 0 Å². The van der Waals surface area contributed by atoms with E-state index in [-0.39, 0.29) is 25.7 Å². The number of β-amino-alcohol motifs (C(OH)–C–C–N with tert-alkyl or cyclic N) is 1. The number of benzene rings is 1. The quantitative estimate of drug-likeness (QED) is 0.873. The summed E-state index contributed by atoms with van der Waals surface area (Å²) >= 11 is 0. The summed E-state index contributed by atoms with van der Waals surface area (Å²) in [6.45, 7) is 5.93. The molecule has 138 valence electrons. The number of ether oxygens (including phenoxy) is 2. The zero-order valence-corrected chi connectivity index (χ0v) is 14.9. The van der Waals surface area contributed by atoms with Gasteiger partial charge in [0.1, 0.15) is 12.2 Å². The van der Waals surface area contributed by atoms with Gasteiger partial charge in [-0.1, -0.05) is 30.3 Å². The van der Waals surface area contributed by atoms with Gasteiger partial charge in [-0.2, -0.15) is 0 Å². The first kappa shape index (κ1) is 19.1. The molecule has 25 heavy (non-hydrogen) atoms. The maximum atomic E-state index is 12.2. The van der Waals surface area contributed by atoms with Gasteiger partial charge in [0.15, 0.2) is 0 Å². The average Bonchev–Trinajstić information content (AvgIpc) is 2.51. The summed E-state index contributed by atoms with van der Waals surface area (Å²) in [5.74, 6) is 0. The van der Waals surface area contributed by atoms with Crippen molar-refractivity contribution in [2.24, 2.45) is 0 Å². The fourth-order valence-electron chi connectivity index (χ4n) is 2.61. The van der Waals surface area contributed by atoms with Gasteiger partial charge < -0.3 is 24.8 Å². The van der Waals surface area contributed by atoms with Gasteiger partial charge in [-0.05, 0) is 32.8 Å². The maximum Gasteiger partial charge on any atom is 0.410 e. The van der Waals surface area contributed by atoms with E-state index < -0.39 is 23.9 Å². The van der Waals surface area contributed by atoms with Crippen molar-refractivity contribution < 1.29 is 24.2 Å². The number of nitrogens with zero attached hydrogens (tertiary/aromatic N) is 1. The predicted octanol–water partition coefficient (Wildman–Crippen LogP) is 2.28. The number of nitrogens with one attached hydrogen (secondary N) is 1. The highest BCUT2D eigenvalue weighted by Gasteiger charge is 2.31. The molecule has 0 aromatic heterocycles. The third-order valence-electron chi connectivity index (χ3n) is 3.61. The fourth-order valence-corrected chi connectivity index (χ4v) is 2.61. The highest BCUT2D eigenvalue weighted by molar-refractivity contribution is 5.69. The summed E-state index contributed by atoms with van der Waals surface area (Å²) in [6.07, 6.45) is -1.44. The van der Waals surface area contributed by atoms with E-state index in [0.717, 1.165) is 5.56 Å². The number of aliphatic hydroxyl groups excluding tert-OH is 1. The minimum absolute atomic E-state index is 0.163. The van der Waals surface area contributed by atoms with E-state index >= 15 is 0 Å². The Bertz CT molecular complexity index is 585.